The molecule has 0 saturated carbocycles. The number of benzene rings is 2. The van der Waals surface area contributed by atoms with E-state index in [1.165, 1.54) is 0 Å². The number of rotatable bonds is 3. The predicted octanol–water partition coefficient (Wildman–Crippen LogP) is 3.95. The molecule has 0 spiro atoms. The maximum Gasteiger partial charge on any atom is 0.338 e. The third kappa shape index (κ3) is 2.94. The quantitative estimate of drug-likeness (QED) is 0.683. The fourth-order valence-corrected chi connectivity index (χ4v) is 2.93. The normalized spacial score (nSPS) is 13.3. The van der Waals surface area contributed by atoms with Crippen molar-refractivity contribution >= 4 is 28.2 Å². The first-order valence-corrected chi connectivity index (χ1v) is 8.07. The van der Waals surface area contributed by atoms with Gasteiger partial charge in [-0.1, -0.05) is 54.6 Å². The van der Waals surface area contributed by atoms with E-state index in [4.69, 9.17) is 4.74 Å². The van der Waals surface area contributed by atoms with Gasteiger partial charge in [0.15, 0.2) is 5.78 Å². The number of carbonyl (C=O) groups is 2. The SMILES string of the molecule is O=C(OCc1ccccc1)C1=CCC(=O)c2nc3ccccc3cc21. The van der Waals surface area contributed by atoms with Crippen molar-refractivity contribution < 1.29 is 14.3 Å². The van der Waals surface area contributed by atoms with Crippen LogP contribution in [-0.2, 0) is 16.1 Å². The standard InChI is InChI=1S/C21H15NO3/c23-19-11-10-16(21(24)25-13-14-6-2-1-3-7-14)17-12-15-8-4-5-9-18(15)22-20(17)19/h1-10,12H,11,13H2. The molecule has 25 heavy (non-hydrogen) atoms. The second kappa shape index (κ2) is 6.32. The molecule has 1 aliphatic carbocycles. The summed E-state index contributed by atoms with van der Waals surface area (Å²) in [5.41, 5.74) is 2.96. The average molecular weight is 329 g/mol. The monoisotopic (exact) mass is 329 g/mol. The van der Waals surface area contributed by atoms with E-state index in [1.807, 2.05) is 60.7 Å². The molecule has 1 aliphatic rings. The van der Waals surface area contributed by atoms with Crippen molar-refractivity contribution in [3.63, 3.8) is 0 Å². The second-order valence-electron chi connectivity index (χ2n) is 5.88. The lowest BCUT2D eigenvalue weighted by molar-refractivity contribution is -0.137. The van der Waals surface area contributed by atoms with Crippen molar-refractivity contribution in [2.24, 2.45) is 0 Å². The third-order valence-electron chi connectivity index (χ3n) is 4.20. The molecule has 0 amide bonds. The van der Waals surface area contributed by atoms with E-state index >= 15 is 0 Å². The maximum atomic E-state index is 12.5. The minimum Gasteiger partial charge on any atom is -0.457 e. The molecule has 122 valence electrons. The molecule has 0 atom stereocenters. The molecule has 1 aromatic heterocycles. The Hall–Kier alpha value is -3.27. The number of pyridine rings is 1. The van der Waals surface area contributed by atoms with Gasteiger partial charge in [-0.2, -0.15) is 0 Å². The van der Waals surface area contributed by atoms with Gasteiger partial charge in [0.05, 0.1) is 11.1 Å². The number of carbonyl (C=O) groups excluding carboxylic acids is 2. The van der Waals surface area contributed by atoms with E-state index in [9.17, 15) is 9.59 Å². The molecule has 4 heteroatoms. The average Bonchev–Trinajstić information content (AvgIpc) is 2.66. The molecule has 0 saturated heterocycles. The number of fused-ring (bicyclic) bond motifs is 2. The molecule has 0 unspecified atom stereocenters. The van der Waals surface area contributed by atoms with Crippen molar-refractivity contribution in [1.82, 2.24) is 4.98 Å². The highest BCUT2D eigenvalue weighted by molar-refractivity contribution is 6.22. The third-order valence-corrected chi connectivity index (χ3v) is 4.20. The maximum absolute atomic E-state index is 12.5. The van der Waals surface area contributed by atoms with Crippen LogP contribution < -0.4 is 0 Å². The van der Waals surface area contributed by atoms with Crippen LogP contribution in [0.2, 0.25) is 0 Å². The van der Waals surface area contributed by atoms with E-state index in [2.05, 4.69) is 4.98 Å². The Labute approximate surface area is 144 Å². The minimum atomic E-state index is -0.435. The largest absolute Gasteiger partial charge is 0.457 e. The van der Waals surface area contributed by atoms with E-state index in [0.717, 1.165) is 16.5 Å². The summed E-state index contributed by atoms with van der Waals surface area (Å²) in [7, 11) is 0. The molecular formula is C21H15NO3. The number of Topliss-reactive ketones (excluding diaryl/α,β-unsaturated/α-hetero) is 1. The number of allylic oxidation sites excluding steroid dienone is 1. The zero-order chi connectivity index (χ0) is 17.2. The Kier molecular flexibility index (Phi) is 3.86. The number of ketones is 1. The van der Waals surface area contributed by atoms with E-state index in [0.29, 0.717) is 16.8 Å². The van der Waals surface area contributed by atoms with Gasteiger partial charge in [0.1, 0.15) is 12.3 Å². The Balaban J connectivity index is 1.66. The molecule has 0 aliphatic heterocycles. The zero-order valence-corrected chi connectivity index (χ0v) is 13.4. The Morgan fingerprint density at radius 1 is 1.04 bits per heavy atom. The van der Waals surface area contributed by atoms with Gasteiger partial charge in [0.2, 0.25) is 0 Å². The molecule has 0 N–H and O–H groups in total. The van der Waals surface area contributed by atoms with Crippen LogP contribution in [0.25, 0.3) is 16.5 Å². The van der Waals surface area contributed by atoms with Crippen molar-refractivity contribution in [2.45, 2.75) is 13.0 Å². The van der Waals surface area contributed by atoms with Crippen molar-refractivity contribution in [3.8, 4) is 0 Å². The lowest BCUT2D eigenvalue weighted by Gasteiger charge is -2.16. The topological polar surface area (TPSA) is 56.3 Å². The summed E-state index contributed by atoms with van der Waals surface area (Å²) >= 11 is 0. The Morgan fingerprint density at radius 2 is 1.80 bits per heavy atom. The summed E-state index contributed by atoms with van der Waals surface area (Å²) in [6, 6.07) is 18.9. The summed E-state index contributed by atoms with van der Waals surface area (Å²) in [6.45, 7) is 0.196. The molecule has 4 rings (SSSR count). The van der Waals surface area contributed by atoms with Crippen molar-refractivity contribution in [2.75, 3.05) is 0 Å². The summed E-state index contributed by atoms with van der Waals surface area (Å²) in [6.07, 6.45) is 1.79. The molecule has 0 bridgehead atoms. The van der Waals surface area contributed by atoms with Gasteiger partial charge < -0.3 is 4.74 Å². The lowest BCUT2D eigenvalue weighted by atomic mass is 9.92. The first kappa shape index (κ1) is 15.3. The van der Waals surface area contributed by atoms with E-state index in [1.54, 1.807) is 6.08 Å². The predicted molar refractivity (Wildman–Crippen MR) is 94.9 cm³/mol. The first-order valence-electron chi connectivity index (χ1n) is 8.07. The highest BCUT2D eigenvalue weighted by Gasteiger charge is 2.26. The van der Waals surface area contributed by atoms with Crippen LogP contribution in [-0.4, -0.2) is 16.7 Å². The highest BCUT2D eigenvalue weighted by atomic mass is 16.5. The fraction of sp³-hybridized carbons (Fsp3) is 0.0952. The van der Waals surface area contributed by atoms with Crippen LogP contribution in [0.1, 0.15) is 28.0 Å². The van der Waals surface area contributed by atoms with Crippen LogP contribution in [0.4, 0.5) is 0 Å². The molecular weight excluding hydrogens is 314 g/mol. The van der Waals surface area contributed by atoms with E-state index in [-0.39, 0.29) is 18.8 Å². The second-order valence-corrected chi connectivity index (χ2v) is 5.88. The Bertz CT molecular complexity index is 1010. The summed E-state index contributed by atoms with van der Waals surface area (Å²) in [5, 5.41) is 0.887. The van der Waals surface area contributed by atoms with E-state index < -0.39 is 5.97 Å². The minimum absolute atomic E-state index is 0.0830. The highest BCUT2D eigenvalue weighted by Crippen LogP contribution is 2.29. The lowest BCUT2D eigenvalue weighted by Crippen LogP contribution is -2.16. The van der Waals surface area contributed by atoms with Crippen LogP contribution >= 0.6 is 0 Å². The number of hydrogen-bond donors (Lipinski definition) is 0. The molecule has 1 heterocycles. The summed E-state index contributed by atoms with van der Waals surface area (Å²) < 4.78 is 5.43. The number of ether oxygens (including phenoxy) is 1. The molecule has 3 aromatic rings. The van der Waals surface area contributed by atoms with Gasteiger partial charge in [-0.05, 0) is 17.7 Å². The van der Waals surface area contributed by atoms with Crippen molar-refractivity contribution in [3.05, 3.63) is 83.6 Å². The number of esters is 1. The van der Waals surface area contributed by atoms with Crippen LogP contribution in [0, 0.1) is 0 Å². The smallest absolute Gasteiger partial charge is 0.338 e. The van der Waals surface area contributed by atoms with Gasteiger partial charge in [-0.3, -0.25) is 4.79 Å². The fourth-order valence-electron chi connectivity index (χ4n) is 2.93. The van der Waals surface area contributed by atoms with Gasteiger partial charge in [0.25, 0.3) is 0 Å². The molecule has 4 nitrogen and oxygen atoms in total. The first-order chi connectivity index (χ1) is 12.2. The van der Waals surface area contributed by atoms with Crippen molar-refractivity contribution in [1.29, 1.82) is 0 Å². The van der Waals surface area contributed by atoms with Gasteiger partial charge in [-0.15, -0.1) is 0 Å². The van der Waals surface area contributed by atoms with Crippen LogP contribution in [0.5, 0.6) is 0 Å². The number of nitrogens with zero attached hydrogens (tertiary/aromatic N) is 1. The van der Waals surface area contributed by atoms with Crippen LogP contribution in [0.15, 0.2) is 66.7 Å². The number of para-hydroxylation sites is 1. The molecule has 0 radical (unpaired) electrons. The van der Waals surface area contributed by atoms with Gasteiger partial charge in [0, 0.05) is 17.4 Å². The van der Waals surface area contributed by atoms with Gasteiger partial charge >= 0.3 is 5.97 Å². The zero-order valence-electron chi connectivity index (χ0n) is 13.4. The summed E-state index contributed by atoms with van der Waals surface area (Å²) in [5.74, 6) is -0.518. The number of hydrogen-bond acceptors (Lipinski definition) is 4. The number of aromatic nitrogens is 1. The molecule has 0 fully saturated rings. The molecule has 2 aromatic carbocycles. The summed E-state index contributed by atoms with van der Waals surface area (Å²) in [4.78, 5) is 29.2. The van der Waals surface area contributed by atoms with Crippen LogP contribution in [0.3, 0.4) is 0 Å². The Morgan fingerprint density at radius 3 is 2.64 bits per heavy atom. The van der Waals surface area contributed by atoms with Gasteiger partial charge in [-0.25, -0.2) is 9.78 Å².